The Labute approximate surface area is 121 Å². The zero-order chi connectivity index (χ0) is 14.2. The minimum Gasteiger partial charge on any atom is -0.496 e. The van der Waals surface area contributed by atoms with Crippen LogP contribution in [0.4, 0.5) is 0 Å². The molecule has 1 aromatic carbocycles. The summed E-state index contributed by atoms with van der Waals surface area (Å²) >= 11 is 6.41. The second-order valence-corrected chi connectivity index (χ2v) is 6.97. The molecule has 0 heterocycles. The number of halogens is 1. The van der Waals surface area contributed by atoms with Crippen LogP contribution in [0.1, 0.15) is 43.4 Å². The second-order valence-electron chi connectivity index (χ2n) is 6.41. The number of rotatable bonds is 2. The fourth-order valence-electron chi connectivity index (χ4n) is 3.12. The highest BCUT2D eigenvalue weighted by Gasteiger charge is 2.29. The SMILES string of the molecule is COc1cc(C)cc(C)c1C1=CC(Cl)CC(C)(C)C1. The molecule has 1 nitrogen and oxygen atoms in total. The van der Waals surface area contributed by atoms with Crippen molar-refractivity contribution in [2.24, 2.45) is 5.41 Å². The Bertz CT molecular complexity index is 514. The molecule has 1 aliphatic carbocycles. The monoisotopic (exact) mass is 278 g/mol. The first-order valence-corrected chi connectivity index (χ1v) is 7.26. The largest absolute Gasteiger partial charge is 0.496 e. The summed E-state index contributed by atoms with van der Waals surface area (Å²) in [5.74, 6) is 0.963. The zero-order valence-electron chi connectivity index (χ0n) is 12.5. The minimum atomic E-state index is 0.115. The number of allylic oxidation sites excluding steroid dienone is 2. The Balaban J connectivity index is 2.53. The molecule has 1 aromatic rings. The maximum atomic E-state index is 6.41. The van der Waals surface area contributed by atoms with E-state index in [9.17, 15) is 0 Å². The van der Waals surface area contributed by atoms with Crippen molar-refractivity contribution in [3.8, 4) is 5.75 Å². The Morgan fingerprint density at radius 1 is 1.26 bits per heavy atom. The maximum absolute atomic E-state index is 6.41. The lowest BCUT2D eigenvalue weighted by molar-refractivity contribution is 0.339. The van der Waals surface area contributed by atoms with Gasteiger partial charge in [0.25, 0.3) is 0 Å². The highest BCUT2D eigenvalue weighted by molar-refractivity contribution is 6.22. The van der Waals surface area contributed by atoms with Crippen LogP contribution in [0.25, 0.3) is 5.57 Å². The molecule has 0 bridgehead atoms. The number of methoxy groups -OCH3 is 1. The molecule has 19 heavy (non-hydrogen) atoms. The van der Waals surface area contributed by atoms with Crippen molar-refractivity contribution < 1.29 is 4.74 Å². The van der Waals surface area contributed by atoms with E-state index in [1.807, 2.05) is 0 Å². The van der Waals surface area contributed by atoms with E-state index in [2.05, 4.69) is 45.9 Å². The third kappa shape index (κ3) is 3.14. The molecule has 0 amide bonds. The molecule has 2 rings (SSSR count). The molecular formula is C17H23ClO. The smallest absolute Gasteiger partial charge is 0.126 e. The summed E-state index contributed by atoms with van der Waals surface area (Å²) in [5, 5.41) is 0.115. The average Bonchev–Trinajstić information content (AvgIpc) is 2.24. The van der Waals surface area contributed by atoms with Crippen LogP contribution in [0.2, 0.25) is 0 Å². The molecule has 0 saturated heterocycles. The third-order valence-electron chi connectivity index (χ3n) is 3.78. The minimum absolute atomic E-state index is 0.115. The van der Waals surface area contributed by atoms with Gasteiger partial charge in [0.15, 0.2) is 0 Å². The van der Waals surface area contributed by atoms with Gasteiger partial charge < -0.3 is 4.74 Å². The van der Waals surface area contributed by atoms with E-state index >= 15 is 0 Å². The van der Waals surface area contributed by atoms with Crippen LogP contribution in [-0.4, -0.2) is 12.5 Å². The molecule has 0 N–H and O–H groups in total. The number of hydrogen-bond donors (Lipinski definition) is 0. The van der Waals surface area contributed by atoms with E-state index in [0.29, 0.717) is 0 Å². The number of hydrogen-bond acceptors (Lipinski definition) is 1. The molecule has 0 fully saturated rings. The van der Waals surface area contributed by atoms with Crippen molar-refractivity contribution in [1.82, 2.24) is 0 Å². The van der Waals surface area contributed by atoms with Gasteiger partial charge in [-0.15, -0.1) is 11.6 Å². The van der Waals surface area contributed by atoms with E-state index in [4.69, 9.17) is 16.3 Å². The van der Waals surface area contributed by atoms with Gasteiger partial charge in [0, 0.05) is 5.56 Å². The van der Waals surface area contributed by atoms with E-state index < -0.39 is 0 Å². The normalized spacial score (nSPS) is 22.0. The summed E-state index contributed by atoms with van der Waals surface area (Å²) in [6.45, 7) is 8.82. The first kappa shape index (κ1) is 14.5. The molecular weight excluding hydrogens is 256 g/mol. The molecule has 0 aliphatic heterocycles. The summed E-state index contributed by atoms with van der Waals surface area (Å²) in [4.78, 5) is 0. The van der Waals surface area contributed by atoms with E-state index in [1.165, 1.54) is 22.3 Å². The van der Waals surface area contributed by atoms with E-state index in [1.54, 1.807) is 7.11 Å². The van der Waals surface area contributed by atoms with Gasteiger partial charge in [-0.05, 0) is 54.9 Å². The lowest BCUT2D eigenvalue weighted by atomic mass is 9.74. The zero-order valence-corrected chi connectivity index (χ0v) is 13.3. The number of alkyl halides is 1. The number of aryl methyl sites for hydroxylation is 2. The molecule has 2 heteroatoms. The lowest BCUT2D eigenvalue weighted by Crippen LogP contribution is -2.22. The molecule has 0 aromatic heterocycles. The Kier molecular flexibility index (Phi) is 3.96. The number of ether oxygens (including phenoxy) is 1. The molecule has 0 saturated carbocycles. The van der Waals surface area contributed by atoms with Crippen LogP contribution in [0.3, 0.4) is 0 Å². The van der Waals surface area contributed by atoms with Crippen molar-refractivity contribution in [3.63, 3.8) is 0 Å². The summed E-state index contributed by atoms with van der Waals surface area (Å²) in [6.07, 6.45) is 4.29. The van der Waals surface area contributed by atoms with Crippen LogP contribution in [0.15, 0.2) is 18.2 Å². The first-order valence-electron chi connectivity index (χ1n) is 6.83. The summed E-state index contributed by atoms with van der Waals surface area (Å²) in [6, 6.07) is 4.32. The van der Waals surface area contributed by atoms with Crippen LogP contribution in [0, 0.1) is 19.3 Å². The average molecular weight is 279 g/mol. The Morgan fingerprint density at radius 2 is 1.95 bits per heavy atom. The molecule has 1 aliphatic rings. The molecule has 1 unspecified atom stereocenters. The molecule has 0 spiro atoms. The highest BCUT2D eigenvalue weighted by Crippen LogP contribution is 2.44. The van der Waals surface area contributed by atoms with E-state index in [0.717, 1.165) is 18.6 Å². The summed E-state index contributed by atoms with van der Waals surface area (Å²) in [5.41, 5.74) is 5.30. The van der Waals surface area contributed by atoms with Gasteiger partial charge in [0.05, 0.1) is 12.5 Å². The van der Waals surface area contributed by atoms with Crippen molar-refractivity contribution in [1.29, 1.82) is 0 Å². The second kappa shape index (κ2) is 5.20. The predicted octanol–water partition coefficient (Wildman–Crippen LogP) is 5.12. The van der Waals surface area contributed by atoms with Gasteiger partial charge in [0.1, 0.15) is 5.75 Å². The van der Waals surface area contributed by atoms with Crippen LogP contribution >= 0.6 is 11.6 Å². The fraction of sp³-hybridized carbons (Fsp3) is 0.529. The third-order valence-corrected chi connectivity index (χ3v) is 4.06. The van der Waals surface area contributed by atoms with Crippen LogP contribution < -0.4 is 4.74 Å². The van der Waals surface area contributed by atoms with Crippen LogP contribution in [-0.2, 0) is 0 Å². The van der Waals surface area contributed by atoms with Gasteiger partial charge in [-0.25, -0.2) is 0 Å². The topological polar surface area (TPSA) is 9.23 Å². The highest BCUT2D eigenvalue weighted by atomic mass is 35.5. The Morgan fingerprint density at radius 3 is 2.53 bits per heavy atom. The predicted molar refractivity (Wildman–Crippen MR) is 83.1 cm³/mol. The quantitative estimate of drug-likeness (QED) is 0.682. The molecule has 1 atom stereocenters. The van der Waals surface area contributed by atoms with E-state index in [-0.39, 0.29) is 10.8 Å². The van der Waals surface area contributed by atoms with Gasteiger partial charge >= 0.3 is 0 Å². The van der Waals surface area contributed by atoms with Crippen molar-refractivity contribution in [3.05, 3.63) is 34.9 Å². The van der Waals surface area contributed by atoms with Crippen LogP contribution in [0.5, 0.6) is 5.75 Å². The van der Waals surface area contributed by atoms with Crippen molar-refractivity contribution in [2.45, 2.75) is 45.9 Å². The number of benzene rings is 1. The van der Waals surface area contributed by atoms with Crippen molar-refractivity contribution in [2.75, 3.05) is 7.11 Å². The fourth-order valence-corrected chi connectivity index (χ4v) is 3.69. The first-order chi connectivity index (χ1) is 8.82. The van der Waals surface area contributed by atoms with Gasteiger partial charge in [-0.1, -0.05) is 26.0 Å². The lowest BCUT2D eigenvalue weighted by Gasteiger charge is -2.33. The van der Waals surface area contributed by atoms with Gasteiger partial charge in [0.2, 0.25) is 0 Å². The molecule has 104 valence electrons. The molecule has 0 radical (unpaired) electrons. The van der Waals surface area contributed by atoms with Gasteiger partial charge in [-0.2, -0.15) is 0 Å². The maximum Gasteiger partial charge on any atom is 0.126 e. The van der Waals surface area contributed by atoms with Gasteiger partial charge in [-0.3, -0.25) is 0 Å². The summed E-state index contributed by atoms with van der Waals surface area (Å²) in [7, 11) is 1.74. The summed E-state index contributed by atoms with van der Waals surface area (Å²) < 4.78 is 5.58. The standard InChI is InChI=1S/C17H23ClO/c1-11-6-12(2)16(15(7-11)19-5)13-8-14(18)10-17(3,4)9-13/h6-8,14H,9-10H2,1-5H3. The van der Waals surface area contributed by atoms with Crippen molar-refractivity contribution >= 4 is 17.2 Å². The Hall–Kier alpha value is -0.950.